The smallest absolute Gasteiger partial charge is 0.299 e. The lowest BCUT2D eigenvalue weighted by atomic mass is 9.96. The normalized spacial score (nSPS) is 21.0. The van der Waals surface area contributed by atoms with Crippen LogP contribution < -0.4 is 5.14 Å². The van der Waals surface area contributed by atoms with Crippen molar-refractivity contribution >= 4 is 19.9 Å². The minimum atomic E-state index is -5.71. The molecule has 1 saturated heterocycles. The van der Waals surface area contributed by atoms with E-state index in [9.17, 15) is 30.0 Å². The molecule has 136 valence electrons. The summed E-state index contributed by atoms with van der Waals surface area (Å²) in [4.78, 5) is 0.0259. The number of sulfonamides is 1. The summed E-state index contributed by atoms with van der Waals surface area (Å²) >= 11 is 0. The van der Waals surface area contributed by atoms with E-state index in [2.05, 4.69) is 0 Å². The Morgan fingerprint density at radius 3 is 2.29 bits per heavy atom. The van der Waals surface area contributed by atoms with Crippen LogP contribution >= 0.6 is 0 Å². The Hall–Kier alpha value is -1.17. The zero-order valence-electron chi connectivity index (χ0n) is 12.7. The zero-order valence-corrected chi connectivity index (χ0v) is 14.4. The van der Waals surface area contributed by atoms with Crippen molar-refractivity contribution in [1.29, 1.82) is 0 Å². The fraction of sp³-hybridized carbons (Fsp3) is 0.538. The first-order chi connectivity index (χ1) is 10.9. The molecule has 11 heteroatoms. The van der Waals surface area contributed by atoms with E-state index >= 15 is 0 Å². The van der Waals surface area contributed by atoms with Crippen LogP contribution in [0.2, 0.25) is 0 Å². The molecule has 0 saturated carbocycles. The third kappa shape index (κ3) is 3.58. The summed E-state index contributed by atoms with van der Waals surface area (Å²) < 4.78 is 85.7. The molecule has 0 amide bonds. The summed E-state index contributed by atoms with van der Waals surface area (Å²) in [7, 11) is -8.36. The number of benzene rings is 1. The summed E-state index contributed by atoms with van der Waals surface area (Å²) in [5, 5.41) is 4.92. The van der Waals surface area contributed by atoms with E-state index in [1.54, 1.807) is 11.9 Å². The first kappa shape index (κ1) is 19.2. The van der Waals surface area contributed by atoms with E-state index < -0.39 is 41.2 Å². The van der Waals surface area contributed by atoms with Crippen molar-refractivity contribution in [2.45, 2.75) is 40.6 Å². The van der Waals surface area contributed by atoms with Crippen molar-refractivity contribution in [2.75, 3.05) is 13.6 Å². The molecule has 0 bridgehead atoms. The van der Waals surface area contributed by atoms with Gasteiger partial charge in [-0.2, -0.15) is 13.2 Å². The van der Waals surface area contributed by atoms with Crippen LogP contribution in [-0.4, -0.2) is 40.8 Å². The molecule has 1 aromatic rings. The minimum absolute atomic E-state index is 0.0677. The van der Waals surface area contributed by atoms with Crippen molar-refractivity contribution in [3.8, 4) is 0 Å². The molecule has 0 spiro atoms. The highest BCUT2D eigenvalue weighted by atomic mass is 32.2. The summed E-state index contributed by atoms with van der Waals surface area (Å²) in [5.41, 5.74) is -5.60. The van der Waals surface area contributed by atoms with Gasteiger partial charge in [-0.25, -0.2) is 22.0 Å². The SMILES string of the molecule is CN1CCCCC1c1ccc(S(N)(=O)=O)cc1S(=O)(=O)C(F)(F)F. The summed E-state index contributed by atoms with van der Waals surface area (Å²) in [6.07, 6.45) is 2.06. The Bertz CT molecular complexity index is 835. The molecule has 1 fully saturated rings. The molecule has 1 aliphatic rings. The number of likely N-dealkylation sites (tertiary alicyclic amines) is 1. The quantitative estimate of drug-likeness (QED) is 0.854. The van der Waals surface area contributed by atoms with Crippen LogP contribution in [0.15, 0.2) is 28.0 Å². The molecular weight excluding hydrogens is 369 g/mol. The molecule has 0 aliphatic carbocycles. The number of nitrogens with zero attached hydrogens (tertiary/aromatic N) is 1. The van der Waals surface area contributed by atoms with Gasteiger partial charge in [0.2, 0.25) is 10.0 Å². The molecule has 1 aliphatic heterocycles. The molecule has 1 heterocycles. The Labute approximate surface area is 138 Å². The van der Waals surface area contributed by atoms with Gasteiger partial charge in [0.25, 0.3) is 9.84 Å². The highest BCUT2D eigenvalue weighted by Gasteiger charge is 2.49. The second kappa shape index (κ2) is 6.28. The molecule has 1 aromatic carbocycles. The number of rotatable bonds is 3. The molecule has 2 rings (SSSR count). The van der Waals surface area contributed by atoms with Crippen molar-refractivity contribution < 1.29 is 30.0 Å². The van der Waals surface area contributed by atoms with Gasteiger partial charge in [-0.05, 0) is 44.1 Å². The first-order valence-corrected chi connectivity index (χ1v) is 10.1. The summed E-state index contributed by atoms with van der Waals surface area (Å²) in [6, 6.07) is 2.09. The van der Waals surface area contributed by atoms with Crippen molar-refractivity contribution in [3.05, 3.63) is 23.8 Å². The standard InChI is InChI=1S/C13H17F3N2O4S2/c1-18-7-3-2-4-11(18)10-6-5-9(24(17,21)22)8-12(10)23(19,20)13(14,15)16/h5-6,8,11H,2-4,7H2,1H3,(H2,17,21,22). The number of halogens is 3. The Kier molecular flexibility index (Phi) is 5.01. The maximum atomic E-state index is 13.0. The van der Waals surface area contributed by atoms with Crippen molar-refractivity contribution in [3.63, 3.8) is 0 Å². The maximum Gasteiger partial charge on any atom is 0.501 e. The third-order valence-corrected chi connectivity index (χ3v) is 6.49. The van der Waals surface area contributed by atoms with Gasteiger partial charge < -0.3 is 0 Å². The van der Waals surface area contributed by atoms with Gasteiger partial charge in [0.05, 0.1) is 9.79 Å². The fourth-order valence-electron chi connectivity index (χ4n) is 2.79. The number of hydrogen-bond donors (Lipinski definition) is 1. The molecule has 2 N–H and O–H groups in total. The highest BCUT2D eigenvalue weighted by Crippen LogP contribution is 2.39. The van der Waals surface area contributed by atoms with E-state index in [1.807, 2.05) is 0 Å². The Morgan fingerprint density at radius 1 is 1.17 bits per heavy atom. The summed E-state index contributed by atoms with van der Waals surface area (Å²) in [5.74, 6) is 0. The zero-order chi connectivity index (χ0) is 18.3. The van der Waals surface area contributed by atoms with Crippen LogP contribution in [0.25, 0.3) is 0 Å². The van der Waals surface area contributed by atoms with Gasteiger partial charge in [-0.3, -0.25) is 4.90 Å². The monoisotopic (exact) mass is 386 g/mol. The second-order valence-corrected chi connectivity index (χ2v) is 9.16. The molecule has 1 atom stereocenters. The van der Waals surface area contributed by atoms with E-state index in [4.69, 9.17) is 5.14 Å². The van der Waals surface area contributed by atoms with Gasteiger partial charge in [0, 0.05) is 6.04 Å². The predicted molar refractivity (Wildman–Crippen MR) is 80.3 cm³/mol. The number of hydrogen-bond acceptors (Lipinski definition) is 5. The van der Waals surface area contributed by atoms with Crippen LogP contribution in [0.3, 0.4) is 0 Å². The minimum Gasteiger partial charge on any atom is -0.299 e. The molecule has 0 radical (unpaired) electrons. The number of nitrogens with two attached hydrogens (primary N) is 1. The molecule has 0 aromatic heterocycles. The summed E-state index contributed by atoms with van der Waals surface area (Å²) in [6.45, 7) is 0.604. The second-order valence-electron chi connectivity index (χ2n) is 5.69. The Morgan fingerprint density at radius 2 is 1.79 bits per heavy atom. The third-order valence-electron chi connectivity index (χ3n) is 4.04. The lowest BCUT2D eigenvalue weighted by Crippen LogP contribution is -2.32. The van der Waals surface area contributed by atoms with Crippen LogP contribution in [0, 0.1) is 0 Å². The van der Waals surface area contributed by atoms with Gasteiger partial charge in [-0.1, -0.05) is 12.5 Å². The molecular formula is C13H17F3N2O4S2. The average molecular weight is 386 g/mol. The lowest BCUT2D eigenvalue weighted by Gasteiger charge is -2.34. The van der Waals surface area contributed by atoms with Crippen molar-refractivity contribution in [2.24, 2.45) is 5.14 Å². The van der Waals surface area contributed by atoms with Crippen LogP contribution in [0.1, 0.15) is 30.9 Å². The molecule has 6 nitrogen and oxygen atoms in total. The van der Waals surface area contributed by atoms with Crippen molar-refractivity contribution in [1.82, 2.24) is 4.90 Å². The molecule has 24 heavy (non-hydrogen) atoms. The Balaban J connectivity index is 2.72. The number of piperidine rings is 1. The van der Waals surface area contributed by atoms with E-state index in [1.165, 1.54) is 0 Å². The highest BCUT2D eigenvalue weighted by molar-refractivity contribution is 7.92. The van der Waals surface area contributed by atoms with E-state index in [0.29, 0.717) is 19.0 Å². The maximum absolute atomic E-state index is 13.0. The van der Waals surface area contributed by atoms with Gasteiger partial charge in [-0.15, -0.1) is 0 Å². The van der Waals surface area contributed by atoms with Gasteiger partial charge >= 0.3 is 5.51 Å². The topological polar surface area (TPSA) is 97.5 Å². The van der Waals surface area contributed by atoms with E-state index in [0.717, 1.165) is 25.0 Å². The van der Waals surface area contributed by atoms with Crippen LogP contribution in [-0.2, 0) is 19.9 Å². The average Bonchev–Trinajstić information content (AvgIpc) is 2.45. The number of sulfone groups is 1. The lowest BCUT2D eigenvalue weighted by molar-refractivity contribution is -0.0437. The first-order valence-electron chi connectivity index (χ1n) is 7.04. The fourth-order valence-corrected chi connectivity index (χ4v) is 4.45. The van der Waals surface area contributed by atoms with E-state index in [-0.39, 0.29) is 5.56 Å². The van der Waals surface area contributed by atoms with Gasteiger partial charge in [0.15, 0.2) is 0 Å². The number of alkyl halides is 3. The largest absolute Gasteiger partial charge is 0.501 e. The van der Waals surface area contributed by atoms with Gasteiger partial charge in [0.1, 0.15) is 0 Å². The number of primary sulfonamides is 1. The van der Waals surface area contributed by atoms with Crippen LogP contribution in [0.5, 0.6) is 0 Å². The predicted octanol–water partition coefficient (Wildman–Crippen LogP) is 1.78. The molecule has 1 unspecified atom stereocenters. The van der Waals surface area contributed by atoms with Crippen LogP contribution in [0.4, 0.5) is 13.2 Å².